The second-order valence-electron chi connectivity index (χ2n) is 5.48. The van der Waals surface area contributed by atoms with E-state index in [1.807, 2.05) is 37.3 Å². The summed E-state index contributed by atoms with van der Waals surface area (Å²) in [7, 11) is 1.60. The van der Waals surface area contributed by atoms with Crippen LogP contribution in [0.3, 0.4) is 0 Å². The molecule has 2 aromatic carbocycles. The van der Waals surface area contributed by atoms with Crippen LogP contribution in [0.2, 0.25) is 0 Å². The molecule has 0 spiro atoms. The van der Waals surface area contributed by atoms with E-state index in [1.165, 1.54) is 0 Å². The van der Waals surface area contributed by atoms with Gasteiger partial charge in [-0.05, 0) is 43.7 Å². The van der Waals surface area contributed by atoms with Crippen molar-refractivity contribution in [2.24, 2.45) is 0 Å². The maximum absolute atomic E-state index is 12.1. The van der Waals surface area contributed by atoms with Gasteiger partial charge in [-0.25, -0.2) is 4.79 Å². The molecule has 0 aliphatic carbocycles. The van der Waals surface area contributed by atoms with Crippen LogP contribution in [0.15, 0.2) is 48.5 Å². The smallest absolute Gasteiger partial charge is 0.338 e. The molecular weight excluding hydrogens is 306 g/mol. The minimum atomic E-state index is -0.865. The van der Waals surface area contributed by atoms with Gasteiger partial charge in [0.2, 0.25) is 0 Å². The number of carbonyl (C=O) groups is 2. The van der Waals surface area contributed by atoms with Crippen molar-refractivity contribution in [3.05, 3.63) is 65.2 Å². The van der Waals surface area contributed by atoms with E-state index in [2.05, 4.69) is 5.32 Å². The highest BCUT2D eigenvalue weighted by Crippen LogP contribution is 2.11. The fraction of sp³-hybridized carbons (Fsp3) is 0.263. The first kappa shape index (κ1) is 17.5. The average molecular weight is 327 g/mol. The molecule has 0 saturated heterocycles. The summed E-state index contributed by atoms with van der Waals surface area (Å²) in [6, 6.07) is 14.4. The third-order valence-corrected chi connectivity index (χ3v) is 3.53. The van der Waals surface area contributed by atoms with Gasteiger partial charge in [0, 0.05) is 6.54 Å². The molecule has 2 aromatic rings. The molecule has 1 atom stereocenters. The van der Waals surface area contributed by atoms with Crippen LogP contribution in [-0.4, -0.2) is 25.1 Å². The standard InChI is InChI=1S/C19H21NO4/c1-13-5-4-6-16(11-13)19(22)24-14(2)18(21)20-12-15-7-9-17(23-3)10-8-15/h4-11,14H,12H2,1-3H3,(H,20,21)/t14-/m1/s1. The number of ether oxygens (including phenoxy) is 2. The lowest BCUT2D eigenvalue weighted by atomic mass is 10.1. The van der Waals surface area contributed by atoms with Crippen LogP contribution in [0.1, 0.15) is 28.4 Å². The van der Waals surface area contributed by atoms with Gasteiger partial charge in [0.25, 0.3) is 5.91 Å². The lowest BCUT2D eigenvalue weighted by Gasteiger charge is -2.14. The highest BCUT2D eigenvalue weighted by molar-refractivity contribution is 5.92. The number of hydrogen-bond donors (Lipinski definition) is 1. The molecule has 0 aliphatic heterocycles. The first-order valence-electron chi connectivity index (χ1n) is 7.68. The van der Waals surface area contributed by atoms with Crippen molar-refractivity contribution in [2.45, 2.75) is 26.5 Å². The Kier molecular flexibility index (Phi) is 5.95. The molecule has 24 heavy (non-hydrogen) atoms. The topological polar surface area (TPSA) is 64.6 Å². The number of amides is 1. The number of hydrogen-bond acceptors (Lipinski definition) is 4. The third-order valence-electron chi connectivity index (χ3n) is 3.53. The van der Waals surface area contributed by atoms with Crippen molar-refractivity contribution in [1.29, 1.82) is 0 Å². The molecule has 0 saturated carbocycles. The number of aryl methyl sites for hydroxylation is 1. The minimum Gasteiger partial charge on any atom is -0.497 e. The van der Waals surface area contributed by atoms with Crippen molar-refractivity contribution < 1.29 is 19.1 Å². The summed E-state index contributed by atoms with van der Waals surface area (Å²) >= 11 is 0. The van der Waals surface area contributed by atoms with Crippen molar-refractivity contribution >= 4 is 11.9 Å². The molecule has 5 heteroatoms. The normalized spacial score (nSPS) is 11.5. The molecule has 2 rings (SSSR count). The summed E-state index contributed by atoms with van der Waals surface area (Å²) in [4.78, 5) is 24.1. The molecule has 0 aromatic heterocycles. The second kappa shape index (κ2) is 8.15. The predicted molar refractivity (Wildman–Crippen MR) is 90.9 cm³/mol. The van der Waals surface area contributed by atoms with Crippen molar-refractivity contribution in [1.82, 2.24) is 5.32 Å². The van der Waals surface area contributed by atoms with E-state index in [9.17, 15) is 9.59 Å². The summed E-state index contributed by atoms with van der Waals surface area (Å²) in [5.74, 6) is -0.0943. The fourth-order valence-electron chi connectivity index (χ4n) is 2.13. The van der Waals surface area contributed by atoms with Gasteiger partial charge in [-0.2, -0.15) is 0 Å². The van der Waals surface area contributed by atoms with Gasteiger partial charge in [-0.3, -0.25) is 4.79 Å². The third kappa shape index (κ3) is 4.84. The van der Waals surface area contributed by atoms with E-state index in [-0.39, 0.29) is 5.91 Å². The summed E-state index contributed by atoms with van der Waals surface area (Å²) in [5, 5.41) is 2.75. The van der Waals surface area contributed by atoms with Crippen LogP contribution in [0.5, 0.6) is 5.75 Å². The highest BCUT2D eigenvalue weighted by Gasteiger charge is 2.18. The predicted octanol–water partition coefficient (Wildman–Crippen LogP) is 2.87. The molecule has 0 fully saturated rings. The second-order valence-corrected chi connectivity index (χ2v) is 5.48. The van der Waals surface area contributed by atoms with Crippen molar-refractivity contribution in [3.63, 3.8) is 0 Å². The maximum Gasteiger partial charge on any atom is 0.338 e. The Hall–Kier alpha value is -2.82. The lowest BCUT2D eigenvalue weighted by Crippen LogP contribution is -2.35. The Labute approximate surface area is 141 Å². The average Bonchev–Trinajstić information content (AvgIpc) is 2.60. The molecule has 1 amide bonds. The zero-order valence-electron chi connectivity index (χ0n) is 14.0. The van der Waals surface area contributed by atoms with Gasteiger partial charge < -0.3 is 14.8 Å². The maximum atomic E-state index is 12.1. The molecule has 0 radical (unpaired) electrons. The van der Waals surface area contributed by atoms with Crippen molar-refractivity contribution in [2.75, 3.05) is 7.11 Å². The Morgan fingerprint density at radius 1 is 1.12 bits per heavy atom. The van der Waals surface area contributed by atoms with Gasteiger partial charge in [0.15, 0.2) is 6.10 Å². The summed E-state index contributed by atoms with van der Waals surface area (Å²) in [6.45, 7) is 3.80. The number of nitrogens with one attached hydrogen (secondary N) is 1. The van der Waals surface area contributed by atoms with Gasteiger partial charge >= 0.3 is 5.97 Å². The van der Waals surface area contributed by atoms with E-state index in [0.717, 1.165) is 16.9 Å². The highest BCUT2D eigenvalue weighted by atomic mass is 16.5. The van der Waals surface area contributed by atoms with Gasteiger partial charge in [0.05, 0.1) is 12.7 Å². The van der Waals surface area contributed by atoms with E-state index in [1.54, 1.807) is 32.2 Å². The molecule has 5 nitrogen and oxygen atoms in total. The number of methoxy groups -OCH3 is 1. The van der Waals surface area contributed by atoms with Crippen LogP contribution in [-0.2, 0) is 16.1 Å². The first-order chi connectivity index (χ1) is 11.5. The molecule has 0 bridgehead atoms. The lowest BCUT2D eigenvalue weighted by molar-refractivity contribution is -0.129. The first-order valence-corrected chi connectivity index (χ1v) is 7.68. The SMILES string of the molecule is COc1ccc(CNC(=O)[C@@H](C)OC(=O)c2cccc(C)c2)cc1. The van der Waals surface area contributed by atoms with Gasteiger partial charge in [-0.15, -0.1) is 0 Å². The summed E-state index contributed by atoms with van der Waals surface area (Å²) in [5.41, 5.74) is 2.33. The van der Waals surface area contributed by atoms with Gasteiger partial charge in [-0.1, -0.05) is 29.8 Å². The zero-order valence-corrected chi connectivity index (χ0v) is 14.0. The Bertz CT molecular complexity index is 710. The van der Waals surface area contributed by atoms with E-state index < -0.39 is 12.1 Å². The molecular formula is C19H21NO4. The van der Waals surface area contributed by atoms with Crippen LogP contribution in [0, 0.1) is 6.92 Å². The fourth-order valence-corrected chi connectivity index (χ4v) is 2.13. The van der Waals surface area contributed by atoms with E-state index in [0.29, 0.717) is 12.1 Å². The Morgan fingerprint density at radius 3 is 2.46 bits per heavy atom. The molecule has 126 valence electrons. The van der Waals surface area contributed by atoms with E-state index in [4.69, 9.17) is 9.47 Å². The Balaban J connectivity index is 1.86. The van der Waals surface area contributed by atoms with Crippen LogP contribution in [0.25, 0.3) is 0 Å². The Morgan fingerprint density at radius 2 is 1.83 bits per heavy atom. The van der Waals surface area contributed by atoms with Crippen LogP contribution in [0.4, 0.5) is 0 Å². The van der Waals surface area contributed by atoms with Gasteiger partial charge in [0.1, 0.15) is 5.75 Å². The van der Waals surface area contributed by atoms with E-state index >= 15 is 0 Å². The number of rotatable bonds is 6. The zero-order chi connectivity index (χ0) is 17.5. The quantitative estimate of drug-likeness (QED) is 0.829. The van der Waals surface area contributed by atoms with Crippen LogP contribution >= 0.6 is 0 Å². The summed E-state index contributed by atoms with van der Waals surface area (Å²) < 4.78 is 10.3. The number of carbonyl (C=O) groups excluding carboxylic acids is 2. The van der Waals surface area contributed by atoms with Crippen LogP contribution < -0.4 is 10.1 Å². The minimum absolute atomic E-state index is 0.341. The van der Waals surface area contributed by atoms with Crippen molar-refractivity contribution in [3.8, 4) is 5.75 Å². The molecule has 0 unspecified atom stereocenters. The number of esters is 1. The number of benzene rings is 2. The molecule has 1 N–H and O–H groups in total. The largest absolute Gasteiger partial charge is 0.497 e. The summed E-state index contributed by atoms with van der Waals surface area (Å²) in [6.07, 6.45) is -0.865. The molecule has 0 heterocycles. The monoisotopic (exact) mass is 327 g/mol. The molecule has 0 aliphatic rings.